The molecule has 0 aliphatic carbocycles. The molecular weight excluding hydrogens is 228 g/mol. The molecule has 0 fully saturated rings. The van der Waals surface area contributed by atoms with E-state index in [1.807, 2.05) is 0 Å². The lowest BCUT2D eigenvalue weighted by Crippen LogP contribution is -2.20. The molecule has 0 saturated heterocycles. The Morgan fingerprint density at radius 1 is 1.38 bits per heavy atom. The van der Waals surface area contributed by atoms with E-state index in [1.54, 1.807) is 22.8 Å². The van der Waals surface area contributed by atoms with Gasteiger partial charge in [0.25, 0.3) is 0 Å². The van der Waals surface area contributed by atoms with Crippen LogP contribution in [-0.2, 0) is 11.3 Å². The zero-order chi connectivity index (χ0) is 11.7. The summed E-state index contributed by atoms with van der Waals surface area (Å²) >= 11 is 6.01. The monoisotopic (exact) mass is 236 g/mol. The Balaban J connectivity index is 2.81. The summed E-state index contributed by atoms with van der Waals surface area (Å²) in [5, 5.41) is 0.910. The standard InChI is InChI=1S/C11H9ClN2O2/c12-8-3-1-2-7-9(15)4-5-14(11(7)8)6-10(13)16/h1-5H,6H2,(H2,13,16). The minimum absolute atomic E-state index is 0.000509. The fourth-order valence-electron chi connectivity index (χ4n) is 1.63. The average Bonchev–Trinajstić information content (AvgIpc) is 2.22. The van der Waals surface area contributed by atoms with Crippen molar-refractivity contribution < 1.29 is 4.79 Å². The second-order valence-electron chi connectivity index (χ2n) is 3.41. The van der Waals surface area contributed by atoms with Gasteiger partial charge in [0.05, 0.1) is 10.5 Å². The lowest BCUT2D eigenvalue weighted by molar-refractivity contribution is -0.118. The molecule has 1 aromatic heterocycles. The quantitative estimate of drug-likeness (QED) is 0.850. The topological polar surface area (TPSA) is 65.1 Å². The van der Waals surface area contributed by atoms with Crippen molar-refractivity contribution in [2.75, 3.05) is 0 Å². The van der Waals surface area contributed by atoms with Gasteiger partial charge in [-0.25, -0.2) is 0 Å². The van der Waals surface area contributed by atoms with Crippen LogP contribution >= 0.6 is 11.6 Å². The van der Waals surface area contributed by atoms with E-state index in [4.69, 9.17) is 17.3 Å². The summed E-state index contributed by atoms with van der Waals surface area (Å²) in [4.78, 5) is 22.5. The normalized spacial score (nSPS) is 10.6. The molecule has 4 nitrogen and oxygen atoms in total. The number of nitrogens with zero attached hydrogens (tertiary/aromatic N) is 1. The van der Waals surface area contributed by atoms with Crippen LogP contribution in [0.15, 0.2) is 35.3 Å². The first kappa shape index (κ1) is 10.7. The Kier molecular flexibility index (Phi) is 2.66. The lowest BCUT2D eigenvalue weighted by atomic mass is 10.2. The van der Waals surface area contributed by atoms with Gasteiger partial charge in [-0.2, -0.15) is 0 Å². The van der Waals surface area contributed by atoms with Crippen molar-refractivity contribution in [3.63, 3.8) is 0 Å². The molecule has 2 rings (SSSR count). The highest BCUT2D eigenvalue weighted by Gasteiger charge is 2.07. The van der Waals surface area contributed by atoms with Gasteiger partial charge in [0, 0.05) is 17.6 Å². The summed E-state index contributed by atoms with van der Waals surface area (Å²) in [6.45, 7) is 0.000509. The predicted octanol–water partition coefficient (Wildman–Crippen LogP) is 1.14. The Morgan fingerprint density at radius 2 is 2.12 bits per heavy atom. The molecule has 2 aromatic rings. The third-order valence-electron chi connectivity index (χ3n) is 2.27. The second kappa shape index (κ2) is 3.98. The van der Waals surface area contributed by atoms with E-state index in [9.17, 15) is 9.59 Å². The first-order valence-electron chi connectivity index (χ1n) is 4.65. The van der Waals surface area contributed by atoms with E-state index in [0.717, 1.165) is 0 Å². The van der Waals surface area contributed by atoms with Crippen LogP contribution in [0, 0.1) is 0 Å². The molecule has 5 heteroatoms. The second-order valence-corrected chi connectivity index (χ2v) is 3.82. The van der Waals surface area contributed by atoms with Crippen molar-refractivity contribution in [1.82, 2.24) is 4.57 Å². The number of nitrogens with two attached hydrogens (primary N) is 1. The summed E-state index contributed by atoms with van der Waals surface area (Å²) in [6.07, 6.45) is 1.52. The Morgan fingerprint density at radius 3 is 2.81 bits per heavy atom. The third-order valence-corrected chi connectivity index (χ3v) is 2.58. The molecule has 16 heavy (non-hydrogen) atoms. The number of rotatable bonds is 2. The lowest BCUT2D eigenvalue weighted by Gasteiger charge is -2.09. The third kappa shape index (κ3) is 1.79. The first-order chi connectivity index (χ1) is 7.59. The van der Waals surface area contributed by atoms with Gasteiger partial charge in [0.1, 0.15) is 6.54 Å². The molecule has 0 aliphatic rings. The van der Waals surface area contributed by atoms with Crippen LogP contribution in [0.1, 0.15) is 0 Å². The minimum atomic E-state index is -0.482. The summed E-state index contributed by atoms with van der Waals surface area (Å²) in [5.74, 6) is -0.482. The van der Waals surface area contributed by atoms with Gasteiger partial charge in [-0.15, -0.1) is 0 Å². The highest BCUT2D eigenvalue weighted by Crippen LogP contribution is 2.20. The van der Waals surface area contributed by atoms with E-state index in [2.05, 4.69) is 0 Å². The fraction of sp³-hybridized carbons (Fsp3) is 0.0909. The Hall–Kier alpha value is -1.81. The van der Waals surface area contributed by atoms with Gasteiger partial charge in [0.15, 0.2) is 5.43 Å². The molecule has 0 atom stereocenters. The molecule has 1 aromatic carbocycles. The molecule has 2 N–H and O–H groups in total. The summed E-state index contributed by atoms with van der Waals surface area (Å²) in [6, 6.07) is 6.42. The largest absolute Gasteiger partial charge is 0.368 e. The van der Waals surface area contributed by atoms with Gasteiger partial charge in [0.2, 0.25) is 5.91 Å². The average molecular weight is 237 g/mol. The number of halogens is 1. The Bertz CT molecular complexity index is 619. The zero-order valence-corrected chi connectivity index (χ0v) is 9.07. The van der Waals surface area contributed by atoms with Crippen LogP contribution in [0.4, 0.5) is 0 Å². The first-order valence-corrected chi connectivity index (χ1v) is 5.03. The van der Waals surface area contributed by atoms with Crippen LogP contribution in [0.25, 0.3) is 10.9 Å². The van der Waals surface area contributed by atoms with Crippen molar-refractivity contribution in [1.29, 1.82) is 0 Å². The van der Waals surface area contributed by atoms with E-state index in [0.29, 0.717) is 15.9 Å². The molecule has 0 spiro atoms. The number of para-hydroxylation sites is 1. The van der Waals surface area contributed by atoms with Crippen LogP contribution in [0.5, 0.6) is 0 Å². The summed E-state index contributed by atoms with van der Waals surface area (Å²) < 4.78 is 1.57. The van der Waals surface area contributed by atoms with Crippen molar-refractivity contribution in [3.05, 3.63) is 45.7 Å². The zero-order valence-electron chi connectivity index (χ0n) is 8.31. The number of hydrogen-bond acceptors (Lipinski definition) is 2. The van der Waals surface area contributed by atoms with Gasteiger partial charge < -0.3 is 10.3 Å². The number of carbonyl (C=O) groups excluding carboxylic acids is 1. The predicted molar refractivity (Wildman–Crippen MR) is 62.4 cm³/mol. The van der Waals surface area contributed by atoms with Gasteiger partial charge in [-0.1, -0.05) is 17.7 Å². The molecular formula is C11H9ClN2O2. The van der Waals surface area contributed by atoms with Crippen molar-refractivity contribution in [3.8, 4) is 0 Å². The fourth-order valence-corrected chi connectivity index (χ4v) is 1.91. The SMILES string of the molecule is NC(=O)Cn1ccc(=O)c2cccc(Cl)c21. The Labute approximate surface area is 96.2 Å². The van der Waals surface area contributed by atoms with Crippen LogP contribution in [0.2, 0.25) is 5.02 Å². The van der Waals surface area contributed by atoms with Gasteiger partial charge >= 0.3 is 0 Å². The number of carbonyl (C=O) groups is 1. The van der Waals surface area contributed by atoms with Crippen LogP contribution < -0.4 is 11.2 Å². The molecule has 82 valence electrons. The molecule has 0 radical (unpaired) electrons. The number of amides is 1. The van der Waals surface area contributed by atoms with E-state index < -0.39 is 5.91 Å². The highest BCUT2D eigenvalue weighted by atomic mass is 35.5. The van der Waals surface area contributed by atoms with Crippen LogP contribution in [-0.4, -0.2) is 10.5 Å². The van der Waals surface area contributed by atoms with E-state index in [1.165, 1.54) is 12.3 Å². The molecule has 0 aliphatic heterocycles. The van der Waals surface area contributed by atoms with Crippen molar-refractivity contribution >= 4 is 28.4 Å². The maximum absolute atomic E-state index is 11.6. The molecule has 0 saturated carbocycles. The molecule has 0 unspecified atom stereocenters. The van der Waals surface area contributed by atoms with Crippen molar-refractivity contribution in [2.45, 2.75) is 6.54 Å². The summed E-state index contributed by atoms with van der Waals surface area (Å²) in [5.41, 5.74) is 5.53. The van der Waals surface area contributed by atoms with E-state index >= 15 is 0 Å². The van der Waals surface area contributed by atoms with Crippen molar-refractivity contribution in [2.24, 2.45) is 5.73 Å². The number of fused-ring (bicyclic) bond motifs is 1. The van der Waals surface area contributed by atoms with Crippen LogP contribution in [0.3, 0.4) is 0 Å². The smallest absolute Gasteiger partial charge is 0.237 e. The number of benzene rings is 1. The number of hydrogen-bond donors (Lipinski definition) is 1. The molecule has 1 heterocycles. The minimum Gasteiger partial charge on any atom is -0.368 e. The van der Waals surface area contributed by atoms with Gasteiger partial charge in [-0.05, 0) is 12.1 Å². The molecule has 0 bridgehead atoms. The number of pyridine rings is 1. The maximum atomic E-state index is 11.6. The summed E-state index contributed by atoms with van der Waals surface area (Å²) in [7, 11) is 0. The molecule has 1 amide bonds. The van der Waals surface area contributed by atoms with E-state index in [-0.39, 0.29) is 12.0 Å². The number of primary amides is 1. The highest BCUT2D eigenvalue weighted by molar-refractivity contribution is 6.35. The number of aromatic nitrogens is 1. The maximum Gasteiger partial charge on any atom is 0.237 e. The van der Waals surface area contributed by atoms with Gasteiger partial charge in [-0.3, -0.25) is 9.59 Å².